The molecule has 0 radical (unpaired) electrons. The van der Waals surface area contributed by atoms with Gasteiger partial charge in [-0.3, -0.25) is 0 Å². The van der Waals surface area contributed by atoms with E-state index in [0.29, 0.717) is 12.5 Å². The topological polar surface area (TPSA) is 38.9 Å². The second-order valence-corrected chi connectivity index (χ2v) is 5.11. The third-order valence-electron chi connectivity index (χ3n) is 2.45. The highest BCUT2D eigenvalue weighted by Gasteiger charge is 2.09. The van der Waals surface area contributed by atoms with Gasteiger partial charge in [-0.15, -0.1) is 0 Å². The highest BCUT2D eigenvalue weighted by atomic mass is 35.5. The van der Waals surface area contributed by atoms with Crippen molar-refractivity contribution in [1.29, 1.82) is 0 Å². The summed E-state index contributed by atoms with van der Waals surface area (Å²) in [7, 11) is 0. The van der Waals surface area contributed by atoms with Gasteiger partial charge in [-0.2, -0.15) is 4.37 Å². The first kappa shape index (κ1) is 10.9. The van der Waals surface area contributed by atoms with Crippen LogP contribution in [0.1, 0.15) is 11.8 Å². The smallest absolute Gasteiger partial charge is 0.0844 e. The van der Waals surface area contributed by atoms with Crippen LogP contribution in [0.5, 0.6) is 0 Å². The maximum Gasteiger partial charge on any atom is 0.0844 e. The molecule has 0 aliphatic carbocycles. The van der Waals surface area contributed by atoms with Gasteiger partial charge in [0, 0.05) is 15.3 Å². The molecule has 1 heterocycles. The molecule has 4 heteroatoms. The van der Waals surface area contributed by atoms with Gasteiger partial charge in [-0.1, -0.05) is 18.5 Å². The van der Waals surface area contributed by atoms with E-state index in [2.05, 4.69) is 11.3 Å². The number of fused-ring (bicyclic) bond motifs is 1. The van der Waals surface area contributed by atoms with Crippen LogP contribution in [0.3, 0.4) is 0 Å². The molecule has 1 unspecified atom stereocenters. The van der Waals surface area contributed by atoms with Gasteiger partial charge >= 0.3 is 0 Å². The number of benzene rings is 1. The summed E-state index contributed by atoms with van der Waals surface area (Å²) in [5, 5.41) is 1.94. The lowest BCUT2D eigenvalue weighted by molar-refractivity contribution is 0.600. The Morgan fingerprint density at radius 1 is 1.53 bits per heavy atom. The lowest BCUT2D eigenvalue weighted by Gasteiger charge is -2.05. The Balaban J connectivity index is 2.39. The van der Waals surface area contributed by atoms with Crippen molar-refractivity contribution in [3.8, 4) is 0 Å². The van der Waals surface area contributed by atoms with E-state index in [1.54, 1.807) is 11.5 Å². The number of rotatable bonds is 3. The summed E-state index contributed by atoms with van der Waals surface area (Å²) in [6.07, 6.45) is 0.984. The first-order valence-corrected chi connectivity index (χ1v) is 6.09. The molecule has 15 heavy (non-hydrogen) atoms. The Morgan fingerprint density at radius 2 is 2.33 bits per heavy atom. The second-order valence-electron chi connectivity index (χ2n) is 3.81. The molecule has 0 amide bonds. The maximum absolute atomic E-state index is 5.97. The molecule has 80 valence electrons. The van der Waals surface area contributed by atoms with E-state index in [4.69, 9.17) is 17.3 Å². The van der Waals surface area contributed by atoms with Crippen molar-refractivity contribution in [3.05, 3.63) is 28.1 Å². The van der Waals surface area contributed by atoms with E-state index in [-0.39, 0.29) is 0 Å². The fraction of sp³-hybridized carbons (Fsp3) is 0.364. The van der Waals surface area contributed by atoms with Gasteiger partial charge in [0.1, 0.15) is 0 Å². The Hall–Kier alpha value is -0.640. The van der Waals surface area contributed by atoms with Crippen molar-refractivity contribution < 1.29 is 0 Å². The predicted molar refractivity (Wildman–Crippen MR) is 66.6 cm³/mol. The summed E-state index contributed by atoms with van der Waals surface area (Å²) in [5.41, 5.74) is 6.65. The third-order valence-corrected chi connectivity index (χ3v) is 3.58. The zero-order valence-electron chi connectivity index (χ0n) is 8.53. The summed E-state index contributed by atoms with van der Waals surface area (Å²) >= 11 is 7.52. The Labute approximate surface area is 98.2 Å². The third kappa shape index (κ3) is 2.30. The highest BCUT2D eigenvalue weighted by Crippen LogP contribution is 2.27. The molecule has 0 saturated carbocycles. The molecule has 0 spiro atoms. The van der Waals surface area contributed by atoms with Crippen LogP contribution in [0.4, 0.5) is 0 Å². The van der Waals surface area contributed by atoms with Crippen molar-refractivity contribution in [3.63, 3.8) is 0 Å². The van der Waals surface area contributed by atoms with E-state index >= 15 is 0 Å². The van der Waals surface area contributed by atoms with Crippen LogP contribution in [0.25, 0.3) is 10.9 Å². The molecule has 1 aromatic carbocycles. The summed E-state index contributed by atoms with van der Waals surface area (Å²) < 4.78 is 4.39. The average molecular weight is 241 g/mol. The van der Waals surface area contributed by atoms with Crippen LogP contribution in [0.15, 0.2) is 18.2 Å². The fourth-order valence-electron chi connectivity index (χ4n) is 1.51. The average Bonchev–Trinajstić information content (AvgIpc) is 2.61. The highest BCUT2D eigenvalue weighted by molar-refractivity contribution is 7.07. The summed E-state index contributed by atoms with van der Waals surface area (Å²) in [6.45, 7) is 2.86. The lowest BCUT2D eigenvalue weighted by atomic mass is 10.1. The van der Waals surface area contributed by atoms with E-state index in [0.717, 1.165) is 17.0 Å². The molecule has 0 fully saturated rings. The summed E-state index contributed by atoms with van der Waals surface area (Å²) in [6, 6.07) is 5.82. The maximum atomic E-state index is 5.97. The quantitative estimate of drug-likeness (QED) is 0.896. The van der Waals surface area contributed by atoms with E-state index < -0.39 is 0 Å². The van der Waals surface area contributed by atoms with Crippen molar-refractivity contribution >= 4 is 34.0 Å². The molecule has 2 aromatic rings. The van der Waals surface area contributed by atoms with Crippen LogP contribution >= 0.6 is 23.1 Å². The van der Waals surface area contributed by atoms with Crippen LogP contribution in [0.2, 0.25) is 5.02 Å². The molecule has 2 N–H and O–H groups in total. The van der Waals surface area contributed by atoms with Gasteiger partial charge in [0.25, 0.3) is 0 Å². The first-order chi connectivity index (χ1) is 7.20. The number of nitrogens with two attached hydrogens (primary N) is 1. The SMILES string of the molecule is CC(CN)Cc1snc2ccc(Cl)cc12. The van der Waals surface area contributed by atoms with E-state index in [9.17, 15) is 0 Å². The van der Waals surface area contributed by atoms with Gasteiger partial charge in [-0.05, 0) is 48.6 Å². The first-order valence-electron chi connectivity index (χ1n) is 4.94. The molecule has 0 aliphatic heterocycles. The standard InChI is InChI=1S/C11H13ClN2S/c1-7(6-13)4-11-9-5-8(12)2-3-10(9)14-15-11/h2-3,5,7H,4,6,13H2,1H3. The molecule has 2 nitrogen and oxygen atoms in total. The van der Waals surface area contributed by atoms with Crippen LogP contribution in [-0.4, -0.2) is 10.9 Å². The minimum absolute atomic E-state index is 0.493. The normalized spacial score (nSPS) is 13.3. The monoisotopic (exact) mass is 240 g/mol. The predicted octanol–water partition coefficient (Wildman–Crippen LogP) is 3.09. The minimum Gasteiger partial charge on any atom is -0.330 e. The van der Waals surface area contributed by atoms with E-state index in [1.807, 2.05) is 18.2 Å². The lowest BCUT2D eigenvalue weighted by Crippen LogP contribution is -2.12. The minimum atomic E-state index is 0.493. The summed E-state index contributed by atoms with van der Waals surface area (Å²) in [5.74, 6) is 0.493. The number of nitrogens with zero attached hydrogens (tertiary/aromatic N) is 1. The molecule has 0 aliphatic rings. The Kier molecular flexibility index (Phi) is 3.24. The Bertz CT molecular complexity index is 467. The largest absolute Gasteiger partial charge is 0.330 e. The Morgan fingerprint density at radius 3 is 3.07 bits per heavy atom. The van der Waals surface area contributed by atoms with Gasteiger partial charge in [-0.25, -0.2) is 0 Å². The fourth-order valence-corrected chi connectivity index (χ4v) is 2.67. The molecular formula is C11H13ClN2S. The van der Waals surface area contributed by atoms with Gasteiger partial charge < -0.3 is 5.73 Å². The van der Waals surface area contributed by atoms with Crippen molar-refractivity contribution in [2.45, 2.75) is 13.3 Å². The van der Waals surface area contributed by atoms with Crippen LogP contribution in [-0.2, 0) is 6.42 Å². The number of hydrogen-bond acceptors (Lipinski definition) is 3. The van der Waals surface area contributed by atoms with Gasteiger partial charge in [0.15, 0.2) is 0 Å². The molecular weight excluding hydrogens is 228 g/mol. The van der Waals surface area contributed by atoms with Crippen LogP contribution in [0, 0.1) is 5.92 Å². The van der Waals surface area contributed by atoms with Crippen molar-refractivity contribution in [1.82, 2.24) is 4.37 Å². The number of hydrogen-bond donors (Lipinski definition) is 1. The molecule has 0 saturated heterocycles. The zero-order valence-corrected chi connectivity index (χ0v) is 10.1. The number of aromatic nitrogens is 1. The number of halogens is 1. The van der Waals surface area contributed by atoms with Crippen molar-refractivity contribution in [2.24, 2.45) is 11.7 Å². The molecule has 1 aromatic heterocycles. The molecule has 1 atom stereocenters. The van der Waals surface area contributed by atoms with Gasteiger partial charge in [0.05, 0.1) is 5.52 Å². The van der Waals surface area contributed by atoms with E-state index in [1.165, 1.54) is 10.3 Å². The van der Waals surface area contributed by atoms with Crippen molar-refractivity contribution in [2.75, 3.05) is 6.54 Å². The molecule has 0 bridgehead atoms. The summed E-state index contributed by atoms with van der Waals surface area (Å²) in [4.78, 5) is 1.28. The second kappa shape index (κ2) is 4.47. The molecule has 2 rings (SSSR count). The zero-order chi connectivity index (χ0) is 10.8. The van der Waals surface area contributed by atoms with Gasteiger partial charge in [0.2, 0.25) is 0 Å². The van der Waals surface area contributed by atoms with Crippen LogP contribution < -0.4 is 5.73 Å².